The van der Waals surface area contributed by atoms with Crippen molar-refractivity contribution in [3.63, 3.8) is 0 Å². The van der Waals surface area contributed by atoms with Gasteiger partial charge >= 0.3 is 0 Å². The Morgan fingerprint density at radius 1 is 1.26 bits per heavy atom. The molecule has 0 aliphatic heterocycles. The van der Waals surface area contributed by atoms with E-state index in [1.165, 1.54) is 13.0 Å². The number of carbonyl (C=O) groups is 2. The number of benzene rings is 1. The lowest BCUT2D eigenvalue weighted by Crippen LogP contribution is -2.25. The Labute approximate surface area is 134 Å². The molecule has 2 aromatic rings. The summed E-state index contributed by atoms with van der Waals surface area (Å²) < 4.78 is 10.4. The fraction of sp³-hybridized carbons (Fsp3) is 0.353. The van der Waals surface area contributed by atoms with Gasteiger partial charge in [-0.25, -0.2) is 0 Å². The van der Waals surface area contributed by atoms with Crippen molar-refractivity contribution in [3.05, 3.63) is 47.3 Å². The van der Waals surface area contributed by atoms with Crippen molar-refractivity contribution in [2.45, 2.75) is 33.3 Å². The second-order valence-electron chi connectivity index (χ2n) is 5.45. The van der Waals surface area contributed by atoms with Gasteiger partial charge in [0.2, 0.25) is 5.76 Å². The fourth-order valence-electron chi connectivity index (χ4n) is 1.97. The third-order valence-corrected chi connectivity index (χ3v) is 3.08. The van der Waals surface area contributed by atoms with E-state index in [0.29, 0.717) is 13.0 Å². The first-order valence-electron chi connectivity index (χ1n) is 7.47. The number of nitrogens with one attached hydrogen (secondary N) is 1. The van der Waals surface area contributed by atoms with E-state index in [2.05, 4.69) is 10.5 Å². The first-order chi connectivity index (χ1) is 11.0. The lowest BCUT2D eigenvalue weighted by molar-refractivity contribution is 0.0938. The summed E-state index contributed by atoms with van der Waals surface area (Å²) in [5.74, 6) is 0.282. The highest BCUT2D eigenvalue weighted by Crippen LogP contribution is 2.14. The summed E-state index contributed by atoms with van der Waals surface area (Å²) in [6.07, 6.45) is 0.827. The second-order valence-corrected chi connectivity index (χ2v) is 5.45. The molecule has 122 valence electrons. The maximum atomic E-state index is 11.9. The lowest BCUT2D eigenvalue weighted by Gasteiger charge is -2.10. The Hall–Kier alpha value is -2.63. The molecule has 0 radical (unpaired) electrons. The van der Waals surface area contributed by atoms with Crippen LogP contribution in [-0.2, 0) is 6.42 Å². The Morgan fingerprint density at radius 2 is 1.96 bits per heavy atom. The third-order valence-electron chi connectivity index (χ3n) is 3.08. The van der Waals surface area contributed by atoms with Crippen molar-refractivity contribution in [1.29, 1.82) is 0 Å². The van der Waals surface area contributed by atoms with Gasteiger partial charge < -0.3 is 14.6 Å². The number of hydrogen-bond acceptors (Lipinski definition) is 5. The summed E-state index contributed by atoms with van der Waals surface area (Å²) >= 11 is 0. The van der Waals surface area contributed by atoms with Gasteiger partial charge in [-0.2, -0.15) is 0 Å². The molecule has 23 heavy (non-hydrogen) atoms. The number of aromatic nitrogens is 1. The molecule has 6 nitrogen and oxygen atoms in total. The van der Waals surface area contributed by atoms with E-state index in [1.54, 1.807) is 0 Å². The van der Waals surface area contributed by atoms with Crippen LogP contribution in [0.2, 0.25) is 0 Å². The fourth-order valence-corrected chi connectivity index (χ4v) is 1.97. The predicted molar refractivity (Wildman–Crippen MR) is 84.8 cm³/mol. The van der Waals surface area contributed by atoms with Gasteiger partial charge in [-0.15, -0.1) is 0 Å². The molecule has 1 heterocycles. The Morgan fingerprint density at radius 3 is 2.52 bits per heavy atom. The second kappa shape index (κ2) is 7.58. The van der Waals surface area contributed by atoms with Crippen LogP contribution in [-0.4, -0.2) is 29.5 Å². The molecule has 0 aliphatic carbocycles. The number of amides is 1. The number of nitrogens with zero attached hydrogens (tertiary/aromatic N) is 1. The van der Waals surface area contributed by atoms with E-state index in [9.17, 15) is 9.59 Å². The molecule has 0 saturated heterocycles. The molecule has 6 heteroatoms. The van der Waals surface area contributed by atoms with Crippen LogP contribution in [0.3, 0.4) is 0 Å². The smallest absolute Gasteiger partial charge is 0.273 e. The van der Waals surface area contributed by atoms with E-state index in [-0.39, 0.29) is 29.2 Å². The summed E-state index contributed by atoms with van der Waals surface area (Å²) in [4.78, 5) is 23.0. The molecule has 0 atom stereocenters. The molecule has 1 amide bonds. The molecular weight excluding hydrogens is 296 g/mol. The largest absolute Gasteiger partial charge is 0.491 e. The average molecular weight is 316 g/mol. The molecule has 1 N–H and O–H groups in total. The molecule has 0 unspecified atom stereocenters. The molecule has 1 aromatic heterocycles. The minimum Gasteiger partial charge on any atom is -0.491 e. The molecule has 0 saturated carbocycles. The van der Waals surface area contributed by atoms with Gasteiger partial charge in [-0.3, -0.25) is 9.59 Å². The summed E-state index contributed by atoms with van der Waals surface area (Å²) in [6.45, 7) is 5.77. The van der Waals surface area contributed by atoms with E-state index in [0.717, 1.165) is 11.3 Å². The number of ether oxygens (including phenoxy) is 1. The van der Waals surface area contributed by atoms with Crippen molar-refractivity contribution in [3.8, 4) is 5.75 Å². The van der Waals surface area contributed by atoms with E-state index in [1.807, 2.05) is 38.1 Å². The van der Waals surface area contributed by atoms with Crippen molar-refractivity contribution in [2.75, 3.05) is 6.54 Å². The summed E-state index contributed by atoms with van der Waals surface area (Å²) in [6, 6.07) is 9.10. The maximum absolute atomic E-state index is 11.9. The zero-order valence-electron chi connectivity index (χ0n) is 13.5. The highest BCUT2D eigenvalue weighted by Gasteiger charge is 2.14. The van der Waals surface area contributed by atoms with Gasteiger partial charge in [0.1, 0.15) is 5.75 Å². The van der Waals surface area contributed by atoms with Crippen molar-refractivity contribution >= 4 is 11.7 Å². The third kappa shape index (κ3) is 4.95. The summed E-state index contributed by atoms with van der Waals surface area (Å²) in [5.41, 5.74) is 1.20. The van der Waals surface area contributed by atoms with Gasteiger partial charge in [-0.1, -0.05) is 17.3 Å². The van der Waals surface area contributed by atoms with Crippen LogP contribution in [0.4, 0.5) is 0 Å². The van der Waals surface area contributed by atoms with Crippen LogP contribution >= 0.6 is 0 Å². The SMILES string of the molecule is CC(=O)c1cc(C(=O)NCCc2ccc(OC(C)C)cc2)no1. The zero-order valence-corrected chi connectivity index (χ0v) is 13.5. The zero-order chi connectivity index (χ0) is 16.8. The molecule has 0 spiro atoms. The first-order valence-corrected chi connectivity index (χ1v) is 7.47. The average Bonchev–Trinajstić information content (AvgIpc) is 2.98. The molecule has 2 rings (SSSR count). The summed E-state index contributed by atoms with van der Waals surface area (Å²) in [5, 5.41) is 6.32. The quantitative estimate of drug-likeness (QED) is 0.794. The standard InChI is InChI=1S/C17H20N2O4/c1-11(2)22-14-6-4-13(5-7-14)8-9-18-17(21)15-10-16(12(3)20)23-19-15/h4-7,10-11H,8-9H2,1-3H3,(H,18,21). The maximum Gasteiger partial charge on any atom is 0.273 e. The van der Waals surface area contributed by atoms with E-state index in [4.69, 9.17) is 9.26 Å². The molecule has 0 fully saturated rings. The van der Waals surface area contributed by atoms with Crippen molar-refractivity contribution in [2.24, 2.45) is 0 Å². The van der Waals surface area contributed by atoms with Crippen LogP contribution in [0, 0.1) is 0 Å². The van der Waals surface area contributed by atoms with E-state index >= 15 is 0 Å². The number of carbonyl (C=O) groups excluding carboxylic acids is 2. The highest BCUT2D eigenvalue weighted by atomic mass is 16.5. The number of Topliss-reactive ketones (excluding diaryl/α,β-unsaturated/α-hetero) is 1. The Kier molecular flexibility index (Phi) is 5.51. The van der Waals surface area contributed by atoms with Crippen LogP contribution in [0.1, 0.15) is 47.4 Å². The number of rotatable bonds is 7. The Bertz CT molecular complexity index is 674. The molecular formula is C17H20N2O4. The van der Waals surface area contributed by atoms with Gasteiger partial charge in [-0.05, 0) is 38.0 Å². The predicted octanol–water partition coefficient (Wildman–Crippen LogP) is 2.64. The van der Waals surface area contributed by atoms with Crippen LogP contribution < -0.4 is 10.1 Å². The van der Waals surface area contributed by atoms with Gasteiger partial charge in [0.15, 0.2) is 11.5 Å². The Balaban J connectivity index is 1.81. The normalized spacial score (nSPS) is 10.6. The van der Waals surface area contributed by atoms with Gasteiger partial charge in [0.05, 0.1) is 6.10 Å². The number of hydrogen-bond donors (Lipinski definition) is 1. The van der Waals surface area contributed by atoms with Crippen LogP contribution in [0.5, 0.6) is 5.75 Å². The molecule has 1 aromatic carbocycles. The van der Waals surface area contributed by atoms with Gasteiger partial charge in [0.25, 0.3) is 5.91 Å². The van der Waals surface area contributed by atoms with Crippen LogP contribution in [0.15, 0.2) is 34.9 Å². The monoisotopic (exact) mass is 316 g/mol. The summed E-state index contributed by atoms with van der Waals surface area (Å²) in [7, 11) is 0. The van der Waals surface area contributed by atoms with Crippen molar-refractivity contribution < 1.29 is 18.8 Å². The van der Waals surface area contributed by atoms with E-state index < -0.39 is 0 Å². The highest BCUT2D eigenvalue weighted by molar-refractivity contribution is 5.96. The molecule has 0 bridgehead atoms. The van der Waals surface area contributed by atoms with Crippen molar-refractivity contribution in [1.82, 2.24) is 10.5 Å². The van der Waals surface area contributed by atoms with Gasteiger partial charge in [0, 0.05) is 19.5 Å². The lowest BCUT2D eigenvalue weighted by atomic mass is 10.1. The minimum absolute atomic E-state index is 0.0795. The van der Waals surface area contributed by atoms with Crippen LogP contribution in [0.25, 0.3) is 0 Å². The molecule has 0 aliphatic rings. The first kappa shape index (κ1) is 16.7. The topological polar surface area (TPSA) is 81.4 Å². The number of ketones is 1. The minimum atomic E-state index is -0.360.